The van der Waals surface area contributed by atoms with Crippen molar-refractivity contribution in [2.24, 2.45) is 0 Å². The van der Waals surface area contributed by atoms with Crippen LogP contribution in [-0.2, 0) is 18.4 Å². The Bertz CT molecular complexity index is 522. The predicted molar refractivity (Wildman–Crippen MR) is 139 cm³/mol. The zero-order valence-corrected chi connectivity index (χ0v) is 23.0. The van der Waals surface area contributed by atoms with Crippen LogP contribution in [0.15, 0.2) is 0 Å². The van der Waals surface area contributed by atoms with Crippen LogP contribution in [0.3, 0.4) is 0 Å². The summed E-state index contributed by atoms with van der Waals surface area (Å²) in [7, 11) is -0.558. The van der Waals surface area contributed by atoms with Crippen LogP contribution < -0.4 is 5.32 Å². The van der Waals surface area contributed by atoms with Crippen molar-refractivity contribution in [3.63, 3.8) is 0 Å². The molecule has 0 aliphatic heterocycles. The van der Waals surface area contributed by atoms with Gasteiger partial charge < -0.3 is 20.2 Å². The number of carbonyl (C=O) groups excluding carboxylic acids is 1. The van der Waals surface area contributed by atoms with E-state index in [0.29, 0.717) is 13.0 Å². The highest BCUT2D eigenvalue weighted by Crippen LogP contribution is 2.42. The van der Waals surface area contributed by atoms with Gasteiger partial charge in [0.05, 0.1) is 25.9 Å². The molecule has 8 nitrogen and oxygen atoms in total. The Morgan fingerprint density at radius 3 is 1.76 bits per heavy atom. The van der Waals surface area contributed by atoms with Gasteiger partial charge in [-0.2, -0.15) is 0 Å². The van der Waals surface area contributed by atoms with Crippen LogP contribution in [0.2, 0.25) is 0 Å². The summed E-state index contributed by atoms with van der Waals surface area (Å²) in [5, 5.41) is 12.1. The molecule has 0 aliphatic carbocycles. The number of aliphatic hydroxyl groups excluding tert-OH is 1. The zero-order chi connectivity index (χ0) is 25.5. The van der Waals surface area contributed by atoms with Crippen LogP contribution in [-0.4, -0.2) is 67.3 Å². The summed E-state index contributed by atoms with van der Waals surface area (Å²) >= 11 is 0. The molecule has 0 fully saturated rings. The molecule has 0 rings (SSSR count). The minimum atomic E-state index is -4.20. The lowest BCUT2D eigenvalue weighted by Gasteiger charge is -2.19. The highest BCUT2D eigenvalue weighted by atomic mass is 31.2. The molecule has 204 valence electrons. The van der Waals surface area contributed by atoms with Crippen molar-refractivity contribution in [3.05, 3.63) is 0 Å². The molecule has 0 radical (unpaired) electrons. The lowest BCUT2D eigenvalue weighted by molar-refractivity contribution is -0.122. The monoisotopic (exact) mass is 508 g/mol. The summed E-state index contributed by atoms with van der Waals surface area (Å²) in [5.74, 6) is -0.182. The second-order valence-corrected chi connectivity index (χ2v) is 11.0. The van der Waals surface area contributed by atoms with E-state index in [-0.39, 0.29) is 25.7 Å². The molecule has 0 heterocycles. The predicted octanol–water partition coefficient (Wildman–Crippen LogP) is 5.42. The van der Waals surface area contributed by atoms with Crippen molar-refractivity contribution < 1.29 is 28.4 Å². The Balaban J connectivity index is 3.63. The largest absolute Gasteiger partial charge is 0.472 e. The number of nitrogens with one attached hydrogen (secondary N) is 1. The first-order valence-corrected chi connectivity index (χ1v) is 15.0. The van der Waals surface area contributed by atoms with Gasteiger partial charge in [-0.15, -0.1) is 0 Å². The highest BCUT2D eigenvalue weighted by molar-refractivity contribution is 7.47. The summed E-state index contributed by atoms with van der Waals surface area (Å²) in [4.78, 5) is 23.5. The smallest absolute Gasteiger partial charge is 0.394 e. The Hall–Kier alpha value is -0.500. The summed E-state index contributed by atoms with van der Waals surface area (Å²) in [6.07, 6.45) is 19.5. The van der Waals surface area contributed by atoms with Crippen LogP contribution in [0.1, 0.15) is 110 Å². The van der Waals surface area contributed by atoms with Crippen LogP contribution in [0.5, 0.6) is 0 Å². The molecular formula is C25H53N2O6P. The Morgan fingerprint density at radius 2 is 1.32 bits per heavy atom. The fraction of sp³-hybridized carbons (Fsp3) is 0.960. The summed E-state index contributed by atoms with van der Waals surface area (Å²) < 4.78 is 21.6. The minimum absolute atomic E-state index is 0.0517. The van der Waals surface area contributed by atoms with Crippen LogP contribution in [0.25, 0.3) is 0 Å². The van der Waals surface area contributed by atoms with Gasteiger partial charge in [0.25, 0.3) is 0 Å². The van der Waals surface area contributed by atoms with Gasteiger partial charge in [0.1, 0.15) is 0 Å². The molecule has 0 spiro atoms. The van der Waals surface area contributed by atoms with E-state index >= 15 is 0 Å². The lowest BCUT2D eigenvalue weighted by atomic mass is 10.0. The second kappa shape index (κ2) is 22.9. The van der Waals surface area contributed by atoms with Gasteiger partial charge in [0.2, 0.25) is 5.91 Å². The summed E-state index contributed by atoms with van der Waals surface area (Å²) in [5.41, 5.74) is 0. The summed E-state index contributed by atoms with van der Waals surface area (Å²) in [6.45, 7) is 2.14. The standard InChI is InChI=1S/C25H53N2O6P/c1-4-5-6-7-8-9-10-11-12-13-14-15-16-17-18-19-25(29)26-24(22-28)23-33-34(30,31)32-21-20-27(2)3/h24,28H,4-23H2,1-3H3,(H,26,29)(H,30,31)/t24-/m1/s1. The number of nitrogens with zero attached hydrogens (tertiary/aromatic N) is 1. The third-order valence-electron chi connectivity index (χ3n) is 5.82. The highest BCUT2D eigenvalue weighted by Gasteiger charge is 2.23. The zero-order valence-electron chi connectivity index (χ0n) is 22.1. The molecule has 9 heteroatoms. The van der Waals surface area contributed by atoms with Crippen molar-refractivity contribution in [3.8, 4) is 0 Å². The third kappa shape index (κ3) is 23.3. The van der Waals surface area contributed by atoms with Crippen LogP contribution in [0, 0.1) is 0 Å². The van der Waals surface area contributed by atoms with Crippen LogP contribution in [0.4, 0.5) is 0 Å². The molecule has 3 N–H and O–H groups in total. The molecule has 0 aromatic carbocycles. The molecule has 1 unspecified atom stereocenters. The van der Waals surface area contributed by atoms with Crippen molar-refractivity contribution in [1.29, 1.82) is 0 Å². The molecular weight excluding hydrogens is 455 g/mol. The quantitative estimate of drug-likeness (QED) is 0.112. The maximum atomic E-state index is 12.1. The maximum Gasteiger partial charge on any atom is 0.472 e. The van der Waals surface area contributed by atoms with E-state index in [1.54, 1.807) is 0 Å². The first kappa shape index (κ1) is 33.5. The third-order valence-corrected chi connectivity index (χ3v) is 6.81. The first-order valence-electron chi connectivity index (χ1n) is 13.5. The van der Waals surface area contributed by atoms with Crippen molar-refractivity contribution >= 4 is 13.7 Å². The number of rotatable bonds is 25. The van der Waals surface area contributed by atoms with Crippen molar-refractivity contribution in [2.45, 2.75) is 116 Å². The Morgan fingerprint density at radius 1 is 0.853 bits per heavy atom. The van der Waals surface area contributed by atoms with Crippen molar-refractivity contribution in [1.82, 2.24) is 10.2 Å². The molecule has 1 amide bonds. The SMILES string of the molecule is CCCCCCCCCCCCCCCCCC(=O)N[C@H](CO)COP(=O)(O)OCCN(C)C. The molecule has 0 aliphatic rings. The van der Waals surface area contributed by atoms with E-state index in [1.807, 2.05) is 19.0 Å². The number of phosphoric acid groups is 1. The van der Waals surface area contributed by atoms with Crippen molar-refractivity contribution in [2.75, 3.05) is 40.5 Å². The number of likely N-dealkylation sites (N-methyl/N-ethyl adjacent to an activating group) is 1. The van der Waals surface area contributed by atoms with E-state index in [4.69, 9.17) is 9.05 Å². The van der Waals surface area contributed by atoms with Gasteiger partial charge in [-0.3, -0.25) is 13.8 Å². The van der Waals surface area contributed by atoms with Gasteiger partial charge in [-0.1, -0.05) is 96.8 Å². The molecule has 34 heavy (non-hydrogen) atoms. The van der Waals surface area contributed by atoms with E-state index < -0.39 is 13.9 Å². The fourth-order valence-corrected chi connectivity index (χ4v) is 4.41. The normalized spacial score (nSPS) is 14.3. The van der Waals surface area contributed by atoms with Gasteiger partial charge in [-0.05, 0) is 20.5 Å². The maximum absolute atomic E-state index is 12.1. The summed E-state index contributed by atoms with van der Waals surface area (Å²) in [6, 6.07) is -0.734. The van der Waals surface area contributed by atoms with Gasteiger partial charge in [0, 0.05) is 13.0 Å². The average Bonchev–Trinajstić information content (AvgIpc) is 2.78. The molecule has 0 saturated heterocycles. The van der Waals surface area contributed by atoms with Gasteiger partial charge in [-0.25, -0.2) is 4.57 Å². The van der Waals surface area contributed by atoms with E-state index in [9.17, 15) is 19.4 Å². The topological polar surface area (TPSA) is 108 Å². The Kier molecular flexibility index (Phi) is 22.6. The molecule has 0 bridgehead atoms. The Labute approximate surface area is 208 Å². The number of unbranched alkanes of at least 4 members (excludes halogenated alkanes) is 14. The van der Waals surface area contributed by atoms with Crippen LogP contribution >= 0.6 is 7.82 Å². The van der Waals surface area contributed by atoms with E-state index in [2.05, 4.69) is 12.2 Å². The number of amides is 1. The number of phosphoric ester groups is 1. The number of hydrogen-bond acceptors (Lipinski definition) is 6. The minimum Gasteiger partial charge on any atom is -0.394 e. The molecule has 0 aromatic rings. The van der Waals surface area contributed by atoms with E-state index in [0.717, 1.165) is 19.3 Å². The van der Waals surface area contributed by atoms with Gasteiger partial charge >= 0.3 is 7.82 Å². The molecule has 0 aromatic heterocycles. The molecule has 0 saturated carbocycles. The fourth-order valence-electron chi connectivity index (χ4n) is 3.66. The van der Waals surface area contributed by atoms with E-state index in [1.165, 1.54) is 77.0 Å². The average molecular weight is 509 g/mol. The first-order chi connectivity index (χ1) is 16.3. The van der Waals surface area contributed by atoms with Gasteiger partial charge in [0.15, 0.2) is 0 Å². The lowest BCUT2D eigenvalue weighted by Crippen LogP contribution is -2.40. The number of hydrogen-bond donors (Lipinski definition) is 3. The number of aliphatic hydroxyl groups is 1. The number of carbonyl (C=O) groups is 1. The second-order valence-electron chi connectivity index (χ2n) is 9.55. The molecule has 2 atom stereocenters.